The molecule has 2 heterocycles. The summed E-state index contributed by atoms with van der Waals surface area (Å²) in [6.07, 6.45) is 2.76. The van der Waals surface area contributed by atoms with Crippen molar-refractivity contribution in [3.8, 4) is 0 Å². The highest BCUT2D eigenvalue weighted by molar-refractivity contribution is 7.98. The number of fused-ring (bicyclic) bond motifs is 1. The molecule has 0 saturated heterocycles. The summed E-state index contributed by atoms with van der Waals surface area (Å²) in [5.41, 5.74) is 1.24. The molecule has 7 heteroatoms. The number of hydrogen-bond donors (Lipinski definition) is 1. The molecule has 0 aliphatic carbocycles. The average Bonchev–Trinajstić information content (AvgIpc) is 2.83. The lowest BCUT2D eigenvalue weighted by molar-refractivity contribution is 0.129. The van der Waals surface area contributed by atoms with Gasteiger partial charge >= 0.3 is 5.69 Å². The monoisotopic (exact) mass is 282 g/mol. The fraction of sp³-hybridized carbons (Fsp3) is 0.583. The normalized spacial score (nSPS) is 11.3. The molecular weight excluding hydrogens is 264 g/mol. The van der Waals surface area contributed by atoms with Gasteiger partial charge in [0.15, 0.2) is 5.65 Å². The van der Waals surface area contributed by atoms with Gasteiger partial charge in [-0.15, -0.1) is 11.8 Å². The number of rotatable bonds is 6. The topological polar surface area (TPSA) is 72.8 Å². The van der Waals surface area contributed by atoms with E-state index in [2.05, 4.69) is 15.0 Å². The Morgan fingerprint density at radius 1 is 1.37 bits per heavy atom. The van der Waals surface area contributed by atoms with Crippen LogP contribution in [0.25, 0.3) is 11.2 Å². The van der Waals surface area contributed by atoms with E-state index >= 15 is 0 Å². The first-order valence-electron chi connectivity index (χ1n) is 6.32. The summed E-state index contributed by atoms with van der Waals surface area (Å²) in [7, 11) is 0. The second kappa shape index (κ2) is 6.21. The SMILES string of the molecule is CCCn1c(=O)nc(SC)c2[nH]c(COCC)nc21. The van der Waals surface area contributed by atoms with Crippen LogP contribution in [-0.4, -0.2) is 32.4 Å². The molecule has 104 valence electrons. The lowest BCUT2D eigenvalue weighted by Crippen LogP contribution is -2.24. The second-order valence-electron chi connectivity index (χ2n) is 4.07. The number of aromatic nitrogens is 4. The van der Waals surface area contributed by atoms with Crippen LogP contribution >= 0.6 is 11.8 Å². The summed E-state index contributed by atoms with van der Waals surface area (Å²) < 4.78 is 6.96. The van der Waals surface area contributed by atoms with Crippen molar-refractivity contribution in [2.75, 3.05) is 12.9 Å². The van der Waals surface area contributed by atoms with Crippen LogP contribution in [0, 0.1) is 0 Å². The Labute approximate surface area is 115 Å². The fourth-order valence-corrected chi connectivity index (χ4v) is 2.41. The van der Waals surface area contributed by atoms with Gasteiger partial charge in [0, 0.05) is 13.2 Å². The standard InChI is InChI=1S/C12H18N4O2S/c1-4-6-16-10-9(11(19-3)15-12(16)17)13-8(14-10)7-18-5-2/h4-7H2,1-3H3,(H,13,14). The molecule has 0 radical (unpaired) electrons. The van der Waals surface area contributed by atoms with Crippen LogP contribution in [-0.2, 0) is 17.9 Å². The van der Waals surface area contributed by atoms with E-state index in [0.717, 1.165) is 17.8 Å². The molecule has 0 amide bonds. The van der Waals surface area contributed by atoms with E-state index in [9.17, 15) is 4.79 Å². The molecule has 2 rings (SSSR count). The number of H-pyrrole nitrogens is 1. The summed E-state index contributed by atoms with van der Waals surface area (Å²) in [5, 5.41) is 0.683. The van der Waals surface area contributed by atoms with Crippen molar-refractivity contribution < 1.29 is 4.74 Å². The van der Waals surface area contributed by atoms with Crippen LogP contribution in [0.3, 0.4) is 0 Å². The van der Waals surface area contributed by atoms with E-state index in [-0.39, 0.29) is 5.69 Å². The van der Waals surface area contributed by atoms with Crippen LogP contribution in [0.5, 0.6) is 0 Å². The van der Waals surface area contributed by atoms with Gasteiger partial charge < -0.3 is 9.72 Å². The molecular formula is C12H18N4O2S. The van der Waals surface area contributed by atoms with Gasteiger partial charge in [0.1, 0.15) is 23.0 Å². The van der Waals surface area contributed by atoms with Crippen molar-refractivity contribution in [2.24, 2.45) is 0 Å². The van der Waals surface area contributed by atoms with Gasteiger partial charge in [-0.2, -0.15) is 4.98 Å². The summed E-state index contributed by atoms with van der Waals surface area (Å²) in [4.78, 5) is 23.7. The molecule has 19 heavy (non-hydrogen) atoms. The molecule has 0 atom stereocenters. The Hall–Kier alpha value is -1.34. The first kappa shape index (κ1) is 14.1. The Balaban J connectivity index is 2.57. The van der Waals surface area contributed by atoms with Crippen molar-refractivity contribution in [2.45, 2.75) is 38.4 Å². The van der Waals surface area contributed by atoms with Gasteiger partial charge in [-0.1, -0.05) is 6.92 Å². The van der Waals surface area contributed by atoms with Crippen LogP contribution < -0.4 is 5.69 Å². The maximum Gasteiger partial charge on any atom is 0.350 e. The third-order valence-electron chi connectivity index (χ3n) is 2.71. The Kier molecular flexibility index (Phi) is 4.60. The van der Waals surface area contributed by atoms with E-state index in [1.54, 1.807) is 4.57 Å². The van der Waals surface area contributed by atoms with E-state index in [1.165, 1.54) is 11.8 Å². The van der Waals surface area contributed by atoms with Gasteiger partial charge in [-0.25, -0.2) is 9.78 Å². The maximum atomic E-state index is 12.0. The van der Waals surface area contributed by atoms with Crippen molar-refractivity contribution in [1.29, 1.82) is 0 Å². The van der Waals surface area contributed by atoms with Gasteiger partial charge in [0.05, 0.1) is 0 Å². The molecule has 0 fully saturated rings. The minimum atomic E-state index is -0.242. The fourth-order valence-electron chi connectivity index (χ4n) is 1.89. The molecule has 0 saturated carbocycles. The van der Waals surface area contributed by atoms with Crippen LogP contribution in [0.15, 0.2) is 9.82 Å². The molecule has 0 unspecified atom stereocenters. The van der Waals surface area contributed by atoms with E-state index in [1.807, 2.05) is 20.1 Å². The van der Waals surface area contributed by atoms with Gasteiger partial charge in [0.25, 0.3) is 0 Å². The third kappa shape index (κ3) is 2.82. The summed E-state index contributed by atoms with van der Waals surface area (Å²) >= 11 is 1.44. The number of nitrogens with zero attached hydrogens (tertiary/aromatic N) is 3. The number of nitrogens with one attached hydrogen (secondary N) is 1. The van der Waals surface area contributed by atoms with Crippen LogP contribution in [0.4, 0.5) is 0 Å². The number of aromatic amines is 1. The molecule has 0 aromatic carbocycles. The predicted molar refractivity (Wildman–Crippen MR) is 75.6 cm³/mol. The molecule has 0 aliphatic rings. The largest absolute Gasteiger partial charge is 0.374 e. The highest BCUT2D eigenvalue weighted by Gasteiger charge is 2.14. The molecule has 0 bridgehead atoms. The molecule has 1 N–H and O–H groups in total. The van der Waals surface area contributed by atoms with Crippen molar-refractivity contribution >= 4 is 22.9 Å². The number of imidazole rings is 1. The smallest absolute Gasteiger partial charge is 0.350 e. The quantitative estimate of drug-likeness (QED) is 0.646. The average molecular weight is 282 g/mol. The van der Waals surface area contributed by atoms with Gasteiger partial charge in [-0.05, 0) is 19.6 Å². The van der Waals surface area contributed by atoms with Crippen LogP contribution in [0.1, 0.15) is 26.1 Å². The zero-order valence-electron chi connectivity index (χ0n) is 11.4. The summed E-state index contributed by atoms with van der Waals surface area (Å²) in [6, 6.07) is 0. The molecule has 2 aromatic heterocycles. The Bertz CT molecular complexity index is 620. The van der Waals surface area contributed by atoms with E-state index in [0.29, 0.717) is 30.4 Å². The first-order chi connectivity index (χ1) is 9.21. The molecule has 0 spiro atoms. The number of aryl methyl sites for hydroxylation is 1. The molecule has 0 aliphatic heterocycles. The Morgan fingerprint density at radius 2 is 2.16 bits per heavy atom. The first-order valence-corrected chi connectivity index (χ1v) is 7.54. The summed E-state index contributed by atoms with van der Waals surface area (Å²) in [5.74, 6) is 0.726. The van der Waals surface area contributed by atoms with E-state index < -0.39 is 0 Å². The molecule has 6 nitrogen and oxygen atoms in total. The lowest BCUT2D eigenvalue weighted by Gasteiger charge is -2.05. The third-order valence-corrected chi connectivity index (χ3v) is 3.40. The van der Waals surface area contributed by atoms with Crippen molar-refractivity contribution in [1.82, 2.24) is 19.5 Å². The zero-order valence-corrected chi connectivity index (χ0v) is 12.2. The Morgan fingerprint density at radius 3 is 2.79 bits per heavy atom. The minimum Gasteiger partial charge on any atom is -0.374 e. The second-order valence-corrected chi connectivity index (χ2v) is 4.87. The van der Waals surface area contributed by atoms with Crippen molar-refractivity contribution in [3.63, 3.8) is 0 Å². The maximum absolute atomic E-state index is 12.0. The number of hydrogen-bond acceptors (Lipinski definition) is 5. The van der Waals surface area contributed by atoms with Gasteiger partial charge in [0.2, 0.25) is 0 Å². The summed E-state index contributed by atoms with van der Waals surface area (Å²) in [6.45, 7) is 5.63. The highest BCUT2D eigenvalue weighted by atomic mass is 32.2. The van der Waals surface area contributed by atoms with E-state index in [4.69, 9.17) is 4.74 Å². The lowest BCUT2D eigenvalue weighted by atomic mass is 10.4. The zero-order chi connectivity index (χ0) is 13.8. The highest BCUT2D eigenvalue weighted by Crippen LogP contribution is 2.21. The van der Waals surface area contributed by atoms with Crippen molar-refractivity contribution in [3.05, 3.63) is 16.3 Å². The molecule has 2 aromatic rings. The predicted octanol–water partition coefficient (Wildman–Crippen LogP) is 1.79. The number of ether oxygens (including phenoxy) is 1. The van der Waals surface area contributed by atoms with Crippen LogP contribution in [0.2, 0.25) is 0 Å². The minimum absolute atomic E-state index is 0.242. The number of thioether (sulfide) groups is 1. The van der Waals surface area contributed by atoms with Gasteiger partial charge in [-0.3, -0.25) is 4.57 Å².